The summed E-state index contributed by atoms with van der Waals surface area (Å²) in [6.07, 6.45) is 7.55. The molecule has 59 heavy (non-hydrogen) atoms. The van der Waals surface area contributed by atoms with Crippen LogP contribution in [0.1, 0.15) is 83.4 Å². The highest BCUT2D eigenvalue weighted by molar-refractivity contribution is 7.86. The molecule has 0 spiro atoms. The molecule has 0 saturated carbocycles. The standard InChI is InChI=1S/C41H53N3O12S3/c1-27-12-16-34-32(24-27)40(3,4)36(43(34)20-8-22-57(47,48)49)18-13-29-10-7-11-30(38(29)42-39(28(2)46)56-26-45)14-19-37-41(5,6)33-25-31(59(53,54)55)15-17-35(33)44(37)21-9-23-58(50,51)52/h12-19,24-26,28,39,46H,7-11,20-23H2,1-6H3,(H3,47,48,49,50,51,52,53,54,55)/p+1/b29-13+,36-18-. The molecule has 0 fully saturated rings. The predicted molar refractivity (Wildman–Crippen MR) is 225 cm³/mol. The molecule has 0 bridgehead atoms. The van der Waals surface area contributed by atoms with Crippen LogP contribution in [0.2, 0.25) is 0 Å². The molecule has 3 aliphatic rings. The minimum atomic E-state index is -4.54. The summed E-state index contributed by atoms with van der Waals surface area (Å²) < 4.78 is 107. The van der Waals surface area contributed by atoms with Crippen molar-refractivity contribution in [2.45, 2.75) is 102 Å². The Morgan fingerprint density at radius 3 is 2.19 bits per heavy atom. The molecule has 0 saturated heterocycles. The first-order chi connectivity index (χ1) is 27.3. The lowest BCUT2D eigenvalue weighted by Crippen LogP contribution is -2.41. The van der Waals surface area contributed by atoms with Crippen molar-refractivity contribution in [3.8, 4) is 0 Å². The van der Waals surface area contributed by atoms with Crippen molar-refractivity contribution in [3.05, 3.63) is 99.9 Å². The summed E-state index contributed by atoms with van der Waals surface area (Å²) in [5.41, 5.74) is 6.66. The lowest BCUT2D eigenvalue weighted by Gasteiger charge is -2.29. The molecule has 0 radical (unpaired) electrons. The van der Waals surface area contributed by atoms with E-state index in [-0.39, 0.29) is 30.8 Å². The number of carbonyl (C=O) groups excluding carboxylic acids is 1. The number of aryl methyl sites for hydroxylation is 1. The normalized spacial score (nSPS) is 20.3. The monoisotopic (exact) mass is 876 g/mol. The van der Waals surface area contributed by atoms with Crippen LogP contribution in [0.4, 0.5) is 11.4 Å². The average molecular weight is 877 g/mol. The molecule has 0 amide bonds. The maximum atomic E-state index is 12.1. The van der Waals surface area contributed by atoms with Crippen molar-refractivity contribution in [2.24, 2.45) is 0 Å². The fraction of sp³-hybridized carbons (Fsp3) is 0.463. The summed E-state index contributed by atoms with van der Waals surface area (Å²) in [5, 5.41) is 13.9. The SMILES string of the molecule is Cc1ccc2c(c1)C(C)(C)/C(=C/C=C1\CCCC(/C=C/C3=[N+](CCCS(=O)(=O)O)c4ccc(S(=O)(=O)O)cc4C3(C)C)=C1NC(OC=O)C(C)O)N2CCCS(=O)(=O)O. The maximum absolute atomic E-state index is 12.1. The van der Waals surface area contributed by atoms with Crippen LogP contribution in [0.5, 0.6) is 0 Å². The summed E-state index contributed by atoms with van der Waals surface area (Å²) in [4.78, 5) is 13.3. The zero-order chi connectivity index (χ0) is 43.7. The van der Waals surface area contributed by atoms with Gasteiger partial charge in [-0.3, -0.25) is 18.5 Å². The first-order valence-corrected chi connectivity index (χ1v) is 23.9. The van der Waals surface area contributed by atoms with Crippen LogP contribution in [0, 0.1) is 6.92 Å². The van der Waals surface area contributed by atoms with Gasteiger partial charge in [-0.05, 0) is 94.4 Å². The van der Waals surface area contributed by atoms with Crippen LogP contribution in [-0.2, 0) is 50.7 Å². The smallest absolute Gasteiger partial charge is 0.295 e. The Balaban J connectivity index is 1.65. The van der Waals surface area contributed by atoms with E-state index in [9.17, 15) is 48.8 Å². The van der Waals surface area contributed by atoms with Gasteiger partial charge in [-0.25, -0.2) is 0 Å². The number of hydrogen-bond acceptors (Lipinski definition) is 11. The van der Waals surface area contributed by atoms with Crippen LogP contribution in [0.25, 0.3) is 0 Å². The van der Waals surface area contributed by atoms with Crippen molar-refractivity contribution in [2.75, 3.05) is 29.5 Å². The summed E-state index contributed by atoms with van der Waals surface area (Å²) in [6, 6.07) is 10.3. The molecule has 2 heterocycles. The van der Waals surface area contributed by atoms with Gasteiger partial charge in [0.05, 0.1) is 21.8 Å². The Labute approximate surface area is 347 Å². The van der Waals surface area contributed by atoms with Crippen molar-refractivity contribution in [1.29, 1.82) is 0 Å². The highest BCUT2D eigenvalue weighted by Crippen LogP contribution is 2.48. The molecule has 5 N–H and O–H groups in total. The average Bonchev–Trinajstić information content (AvgIpc) is 3.45. The van der Waals surface area contributed by atoms with Crippen molar-refractivity contribution in [3.63, 3.8) is 0 Å². The Bertz CT molecular complexity index is 2480. The number of fused-ring (bicyclic) bond motifs is 2. The van der Waals surface area contributed by atoms with E-state index in [0.717, 1.165) is 33.7 Å². The largest absolute Gasteiger partial charge is 0.441 e. The Morgan fingerprint density at radius 1 is 0.881 bits per heavy atom. The minimum absolute atomic E-state index is 0.0501. The lowest BCUT2D eigenvalue weighted by atomic mass is 9.81. The topological polar surface area (TPSA) is 228 Å². The predicted octanol–water partition coefficient (Wildman–Crippen LogP) is 5.25. The molecule has 322 valence electrons. The number of anilines is 1. The quantitative estimate of drug-likeness (QED) is 0.0593. The van der Waals surface area contributed by atoms with Gasteiger partial charge >= 0.3 is 0 Å². The number of benzene rings is 2. The molecule has 5 rings (SSSR count). The van der Waals surface area contributed by atoms with Crippen LogP contribution in [0.15, 0.2) is 88.1 Å². The first kappa shape index (κ1) is 45.9. The van der Waals surface area contributed by atoms with Crippen molar-refractivity contribution >= 4 is 53.9 Å². The number of nitrogens with one attached hydrogen (secondary N) is 1. The fourth-order valence-electron chi connectivity index (χ4n) is 8.17. The third-order valence-corrected chi connectivity index (χ3v) is 13.6. The maximum Gasteiger partial charge on any atom is 0.295 e. The number of carbonyl (C=O) groups is 1. The van der Waals surface area contributed by atoms with Crippen LogP contribution in [0.3, 0.4) is 0 Å². The van der Waals surface area contributed by atoms with E-state index in [4.69, 9.17) is 4.74 Å². The van der Waals surface area contributed by atoms with Gasteiger partial charge in [-0.2, -0.15) is 29.8 Å². The summed E-state index contributed by atoms with van der Waals surface area (Å²) in [5.74, 6) is -0.900. The Hall–Kier alpha value is -4.17. The van der Waals surface area contributed by atoms with E-state index in [2.05, 4.69) is 30.1 Å². The molecule has 15 nitrogen and oxygen atoms in total. The van der Waals surface area contributed by atoms with Gasteiger partial charge in [0.15, 0.2) is 11.9 Å². The second-order valence-corrected chi connectivity index (χ2v) is 20.8. The second-order valence-electron chi connectivity index (χ2n) is 16.3. The van der Waals surface area contributed by atoms with Gasteiger partial charge < -0.3 is 20.1 Å². The fourth-order valence-corrected chi connectivity index (χ4v) is 9.66. The molecule has 18 heteroatoms. The molecular weight excluding hydrogens is 823 g/mol. The molecule has 2 unspecified atom stereocenters. The van der Waals surface area contributed by atoms with Gasteiger partial charge in [-0.15, -0.1) is 0 Å². The third kappa shape index (κ3) is 10.6. The Morgan fingerprint density at radius 2 is 1.56 bits per heavy atom. The Kier molecular flexibility index (Phi) is 13.6. The molecule has 2 atom stereocenters. The van der Waals surface area contributed by atoms with Gasteiger partial charge in [-0.1, -0.05) is 43.7 Å². The van der Waals surface area contributed by atoms with Crippen molar-refractivity contribution < 1.29 is 58.1 Å². The minimum Gasteiger partial charge on any atom is -0.441 e. The molecule has 1 aliphatic carbocycles. The van der Waals surface area contributed by atoms with Gasteiger partial charge in [0.2, 0.25) is 5.69 Å². The van der Waals surface area contributed by atoms with Crippen LogP contribution in [-0.4, -0.2) is 97.7 Å². The molecule has 0 aromatic heterocycles. The molecular formula is C41H54N3O12S3+. The number of aliphatic hydroxyl groups is 1. The summed E-state index contributed by atoms with van der Waals surface area (Å²) in [7, 11) is -13.0. The molecule has 2 aromatic carbocycles. The number of ether oxygens (including phenoxy) is 1. The van der Waals surface area contributed by atoms with Gasteiger partial charge in [0.25, 0.3) is 36.8 Å². The number of allylic oxidation sites excluding steroid dienone is 7. The number of aliphatic hydroxyl groups excluding tert-OH is 1. The van der Waals surface area contributed by atoms with E-state index in [1.807, 2.05) is 61.8 Å². The van der Waals surface area contributed by atoms with Crippen LogP contribution >= 0.6 is 0 Å². The summed E-state index contributed by atoms with van der Waals surface area (Å²) in [6.45, 7) is 12.1. The highest BCUT2D eigenvalue weighted by Gasteiger charge is 2.45. The van der Waals surface area contributed by atoms with Gasteiger partial charge in [0.1, 0.15) is 12.6 Å². The van der Waals surface area contributed by atoms with Gasteiger partial charge in [0, 0.05) is 53.2 Å². The lowest BCUT2D eigenvalue weighted by molar-refractivity contribution is -0.437. The van der Waals surface area contributed by atoms with E-state index >= 15 is 0 Å². The zero-order valence-corrected chi connectivity index (χ0v) is 36.5. The number of hydrogen-bond donors (Lipinski definition) is 5. The van der Waals surface area contributed by atoms with E-state index in [1.165, 1.54) is 19.1 Å². The number of rotatable bonds is 17. The number of nitrogens with zero attached hydrogens (tertiary/aromatic N) is 2. The zero-order valence-electron chi connectivity index (χ0n) is 34.0. The molecule has 2 aromatic rings. The third-order valence-electron chi connectivity index (χ3n) is 11.1. The van der Waals surface area contributed by atoms with Crippen LogP contribution < -0.4 is 10.2 Å². The highest BCUT2D eigenvalue weighted by atomic mass is 32.2. The first-order valence-electron chi connectivity index (χ1n) is 19.3. The van der Waals surface area contributed by atoms with E-state index in [0.29, 0.717) is 48.5 Å². The second kappa shape index (κ2) is 17.4. The van der Waals surface area contributed by atoms with E-state index in [1.54, 1.807) is 6.07 Å². The van der Waals surface area contributed by atoms with Crippen molar-refractivity contribution in [1.82, 2.24) is 5.32 Å². The van der Waals surface area contributed by atoms with E-state index < -0.39 is 65.0 Å². The molecule has 2 aliphatic heterocycles. The summed E-state index contributed by atoms with van der Waals surface area (Å²) >= 11 is 0.